The number of nitrogens with zero attached hydrogens (tertiary/aromatic N) is 5. The molecule has 2 amide bonds. The number of pyridine rings is 1. The Labute approximate surface area is 288 Å². The van der Waals surface area contributed by atoms with E-state index in [1.165, 1.54) is 32.4 Å². The number of rotatable bonds is 7. The van der Waals surface area contributed by atoms with Crippen molar-refractivity contribution in [1.82, 2.24) is 24.8 Å². The number of piperidine rings is 1. The Hall–Kier alpha value is -4.28. The van der Waals surface area contributed by atoms with E-state index in [0.29, 0.717) is 30.6 Å². The highest BCUT2D eigenvalue weighted by atomic mass is 16.5. The Balaban J connectivity index is 1.19. The maximum Gasteiger partial charge on any atom is 0.251 e. The lowest BCUT2D eigenvalue weighted by molar-refractivity contribution is -0.127. The van der Waals surface area contributed by atoms with Crippen LogP contribution in [0.3, 0.4) is 0 Å². The summed E-state index contributed by atoms with van der Waals surface area (Å²) < 4.78 is 7.90. The number of ether oxygens (including phenoxy) is 1. The molecular weight excluding hydrogens is 614 g/mol. The van der Waals surface area contributed by atoms with Crippen molar-refractivity contribution in [3.63, 3.8) is 0 Å². The Bertz CT molecular complexity index is 1920. The zero-order chi connectivity index (χ0) is 33.9. The summed E-state index contributed by atoms with van der Waals surface area (Å²) in [5.41, 5.74) is 7.40. The first-order valence-electron chi connectivity index (χ1n) is 18.0. The minimum atomic E-state index is -0.517. The van der Waals surface area contributed by atoms with Gasteiger partial charge in [0.05, 0.1) is 23.0 Å². The molecule has 256 valence electrons. The van der Waals surface area contributed by atoms with Crippen LogP contribution in [-0.2, 0) is 14.9 Å². The summed E-state index contributed by atoms with van der Waals surface area (Å²) in [6, 6.07) is 15.3. The van der Waals surface area contributed by atoms with Gasteiger partial charge in [0.1, 0.15) is 5.52 Å². The van der Waals surface area contributed by atoms with Gasteiger partial charge >= 0.3 is 0 Å². The summed E-state index contributed by atoms with van der Waals surface area (Å²) in [5.74, 6) is 0.786. The molecule has 1 aliphatic carbocycles. The molecule has 3 fully saturated rings. The van der Waals surface area contributed by atoms with Gasteiger partial charge in [0.2, 0.25) is 5.91 Å². The molecule has 8 rings (SSSR count). The van der Waals surface area contributed by atoms with E-state index in [1.54, 1.807) is 7.05 Å². The van der Waals surface area contributed by atoms with Crippen LogP contribution in [0.25, 0.3) is 22.3 Å². The molecule has 1 spiro atoms. The number of carbonyl (C=O) groups is 2. The second-order valence-electron chi connectivity index (χ2n) is 14.7. The third kappa shape index (κ3) is 5.40. The molecule has 4 aliphatic rings. The Kier molecular flexibility index (Phi) is 8.19. The summed E-state index contributed by atoms with van der Waals surface area (Å²) >= 11 is 0. The molecule has 2 N–H and O–H groups in total. The van der Waals surface area contributed by atoms with Gasteiger partial charge in [0.15, 0.2) is 5.82 Å². The lowest BCUT2D eigenvalue weighted by Gasteiger charge is -2.48. The molecule has 4 aromatic rings. The molecule has 0 atom stereocenters. The number of nitrogens with one attached hydrogen (secondary N) is 2. The van der Waals surface area contributed by atoms with Crippen molar-refractivity contribution in [3.05, 3.63) is 65.5 Å². The SMILES string of the molecule is CNC(=O)c1cc(Nc2nc(-c3ccc4c(c3)N([C@H]3C[C@@H](N5CCCCC5)C3)C(=O)C43CCOCC3)cc3ncn(C(C)C)c23)ccc1C. The van der Waals surface area contributed by atoms with Crippen molar-refractivity contribution in [2.24, 2.45) is 0 Å². The molecule has 2 aromatic heterocycles. The third-order valence-electron chi connectivity index (χ3n) is 11.5. The summed E-state index contributed by atoms with van der Waals surface area (Å²) in [6.07, 6.45) is 9.25. The number of amides is 2. The number of aryl methyl sites for hydroxylation is 1. The fraction of sp³-hybridized carbons (Fsp3) is 0.487. The number of benzene rings is 2. The smallest absolute Gasteiger partial charge is 0.251 e. The van der Waals surface area contributed by atoms with Crippen LogP contribution in [0.15, 0.2) is 48.8 Å². The molecule has 0 unspecified atom stereocenters. The molecule has 5 heterocycles. The van der Waals surface area contributed by atoms with E-state index in [0.717, 1.165) is 70.5 Å². The molecule has 3 aliphatic heterocycles. The van der Waals surface area contributed by atoms with Crippen LogP contribution in [0.2, 0.25) is 0 Å². The van der Waals surface area contributed by atoms with Crippen LogP contribution in [-0.4, -0.2) is 76.7 Å². The van der Waals surface area contributed by atoms with Gasteiger partial charge in [-0.3, -0.25) is 9.59 Å². The second-order valence-corrected chi connectivity index (χ2v) is 14.7. The molecule has 2 aromatic carbocycles. The first kappa shape index (κ1) is 32.0. The van der Waals surface area contributed by atoms with Gasteiger partial charge in [0.25, 0.3) is 5.91 Å². The summed E-state index contributed by atoms with van der Waals surface area (Å²) in [6.45, 7) is 9.76. The zero-order valence-electron chi connectivity index (χ0n) is 29.1. The van der Waals surface area contributed by atoms with E-state index in [4.69, 9.17) is 14.7 Å². The number of aromatic nitrogens is 3. The van der Waals surface area contributed by atoms with Gasteiger partial charge in [-0.1, -0.05) is 24.6 Å². The van der Waals surface area contributed by atoms with Crippen LogP contribution in [0, 0.1) is 6.92 Å². The minimum Gasteiger partial charge on any atom is -0.381 e. The number of hydrogen-bond acceptors (Lipinski definition) is 7. The van der Waals surface area contributed by atoms with Crippen molar-refractivity contribution in [1.29, 1.82) is 0 Å². The molecule has 49 heavy (non-hydrogen) atoms. The van der Waals surface area contributed by atoms with E-state index in [9.17, 15) is 9.59 Å². The van der Waals surface area contributed by atoms with Crippen molar-refractivity contribution in [2.75, 3.05) is 43.6 Å². The Morgan fingerprint density at radius 1 is 1.00 bits per heavy atom. The van der Waals surface area contributed by atoms with E-state index >= 15 is 0 Å². The van der Waals surface area contributed by atoms with Crippen molar-refractivity contribution < 1.29 is 14.3 Å². The third-order valence-corrected chi connectivity index (χ3v) is 11.5. The van der Waals surface area contributed by atoms with Gasteiger partial charge in [-0.05, 0) is 108 Å². The molecule has 10 heteroatoms. The van der Waals surface area contributed by atoms with Crippen molar-refractivity contribution >= 4 is 40.0 Å². The highest BCUT2D eigenvalue weighted by molar-refractivity contribution is 6.09. The molecule has 10 nitrogen and oxygen atoms in total. The minimum absolute atomic E-state index is 0.131. The van der Waals surface area contributed by atoms with E-state index in [1.807, 2.05) is 37.5 Å². The lowest BCUT2D eigenvalue weighted by atomic mass is 9.75. The predicted molar refractivity (Wildman–Crippen MR) is 193 cm³/mol. The van der Waals surface area contributed by atoms with E-state index in [-0.39, 0.29) is 23.9 Å². The van der Waals surface area contributed by atoms with Gasteiger partial charge < -0.3 is 29.7 Å². The number of carbonyl (C=O) groups excluding carboxylic acids is 2. The normalized spacial score (nSPS) is 22.1. The largest absolute Gasteiger partial charge is 0.381 e. The number of imidazole rings is 1. The summed E-state index contributed by atoms with van der Waals surface area (Å²) in [7, 11) is 1.64. The molecule has 0 radical (unpaired) electrons. The fourth-order valence-corrected chi connectivity index (χ4v) is 8.57. The standard InChI is InChI=1S/C39H47N7O3/c1-24(2)45-23-41-33-22-32(43-36(35(33)45)42-27-10-8-25(3)30(19-27)37(47)40-4)26-9-11-31-34(18-26)46(38(48)39(31)12-16-49-17-13-39)29-20-28(21-29)44-14-6-5-7-15-44/h8-11,18-19,22-24,28-29H,5-7,12-17,20-21H2,1-4H3,(H,40,47)(H,42,43)/t28-,29+. The summed E-state index contributed by atoms with van der Waals surface area (Å²) in [5, 5.41) is 6.28. The lowest BCUT2D eigenvalue weighted by Crippen LogP contribution is -2.57. The predicted octanol–water partition coefficient (Wildman–Crippen LogP) is 6.50. The van der Waals surface area contributed by atoms with Crippen LogP contribution >= 0.6 is 0 Å². The second kappa shape index (κ2) is 12.6. The van der Waals surface area contributed by atoms with E-state index < -0.39 is 5.41 Å². The maximum atomic E-state index is 14.5. The van der Waals surface area contributed by atoms with Crippen molar-refractivity contribution in [2.45, 2.75) is 89.3 Å². The highest BCUT2D eigenvalue weighted by Crippen LogP contribution is 2.52. The van der Waals surface area contributed by atoms with Crippen LogP contribution in [0.4, 0.5) is 17.2 Å². The first-order valence-corrected chi connectivity index (χ1v) is 18.0. The molecule has 0 bridgehead atoms. The van der Waals surface area contributed by atoms with Crippen LogP contribution in [0.5, 0.6) is 0 Å². The average Bonchev–Trinajstić information content (AvgIpc) is 3.63. The number of hydrogen-bond donors (Lipinski definition) is 2. The quantitative estimate of drug-likeness (QED) is 0.233. The van der Waals surface area contributed by atoms with Gasteiger partial charge in [-0.15, -0.1) is 0 Å². The van der Waals surface area contributed by atoms with E-state index in [2.05, 4.69) is 57.0 Å². The Morgan fingerprint density at radius 3 is 2.51 bits per heavy atom. The molecule has 1 saturated carbocycles. The molecule has 2 saturated heterocycles. The maximum absolute atomic E-state index is 14.5. The topological polar surface area (TPSA) is 105 Å². The number of anilines is 3. The van der Waals surface area contributed by atoms with Crippen LogP contribution in [0.1, 0.15) is 86.3 Å². The fourth-order valence-electron chi connectivity index (χ4n) is 8.57. The molecular formula is C39H47N7O3. The zero-order valence-corrected chi connectivity index (χ0v) is 29.1. The Morgan fingerprint density at radius 2 is 1.78 bits per heavy atom. The monoisotopic (exact) mass is 661 g/mol. The van der Waals surface area contributed by atoms with Gasteiger partial charge in [0, 0.05) is 60.9 Å². The summed E-state index contributed by atoms with van der Waals surface area (Å²) in [4.78, 5) is 42.0. The number of likely N-dealkylation sites (tertiary alicyclic amines) is 1. The highest BCUT2D eigenvalue weighted by Gasteiger charge is 2.55. The number of fused-ring (bicyclic) bond motifs is 3. The van der Waals surface area contributed by atoms with Gasteiger partial charge in [-0.2, -0.15) is 0 Å². The van der Waals surface area contributed by atoms with Crippen LogP contribution < -0.4 is 15.5 Å². The average molecular weight is 662 g/mol. The van der Waals surface area contributed by atoms with Gasteiger partial charge in [-0.25, -0.2) is 9.97 Å². The van der Waals surface area contributed by atoms with Crippen molar-refractivity contribution in [3.8, 4) is 11.3 Å². The first-order chi connectivity index (χ1) is 23.8.